The Bertz CT molecular complexity index is 599. The summed E-state index contributed by atoms with van der Waals surface area (Å²) in [6.07, 6.45) is 9.15. The molecule has 0 aliphatic heterocycles. The number of carbonyl (C=O) groups excluding carboxylic acids is 1. The molecule has 2 N–H and O–H groups in total. The van der Waals surface area contributed by atoms with E-state index in [1.54, 1.807) is 12.1 Å². The molecule has 0 saturated carbocycles. The average Bonchev–Trinajstić information content (AvgIpc) is 2.61. The highest BCUT2D eigenvalue weighted by molar-refractivity contribution is 7.80. The number of amides is 1. The first-order valence-electron chi connectivity index (χ1n) is 8.69. The van der Waals surface area contributed by atoms with E-state index in [4.69, 9.17) is 17.0 Å². The fourth-order valence-electron chi connectivity index (χ4n) is 2.68. The lowest BCUT2D eigenvalue weighted by atomic mass is 9.97. The van der Waals surface area contributed by atoms with Gasteiger partial charge in [0.05, 0.1) is 12.2 Å². The first-order valence-corrected chi connectivity index (χ1v) is 9.10. The third kappa shape index (κ3) is 5.96. The lowest BCUT2D eigenvalue weighted by molar-refractivity contribution is 0.0972. The number of nitrogens with one attached hydrogen (secondary N) is 2. The van der Waals surface area contributed by atoms with Crippen molar-refractivity contribution in [3.63, 3.8) is 0 Å². The number of hydrogen-bond acceptors (Lipinski definition) is 3. The van der Waals surface area contributed by atoms with Gasteiger partial charge in [-0.3, -0.25) is 10.1 Å². The Labute approximate surface area is 149 Å². The Kier molecular flexibility index (Phi) is 7.75. The van der Waals surface area contributed by atoms with Crippen molar-refractivity contribution in [2.75, 3.05) is 13.2 Å². The summed E-state index contributed by atoms with van der Waals surface area (Å²) in [5, 5.41) is 6.21. The quantitative estimate of drug-likeness (QED) is 0.579. The van der Waals surface area contributed by atoms with Gasteiger partial charge in [-0.15, -0.1) is 0 Å². The molecule has 0 radical (unpaired) electrons. The molecule has 1 aliphatic rings. The van der Waals surface area contributed by atoms with E-state index in [1.165, 1.54) is 31.3 Å². The van der Waals surface area contributed by atoms with Gasteiger partial charge in [-0.05, 0) is 62.9 Å². The second-order valence-corrected chi connectivity index (χ2v) is 6.32. The van der Waals surface area contributed by atoms with Crippen molar-refractivity contribution in [3.05, 3.63) is 41.5 Å². The molecule has 1 amide bonds. The minimum absolute atomic E-state index is 0.240. The van der Waals surface area contributed by atoms with Crippen molar-refractivity contribution in [3.8, 4) is 5.75 Å². The number of hydrogen-bond donors (Lipinski definition) is 2. The molecule has 5 heteroatoms. The van der Waals surface area contributed by atoms with Crippen LogP contribution in [-0.4, -0.2) is 24.2 Å². The zero-order valence-electron chi connectivity index (χ0n) is 14.3. The second-order valence-electron chi connectivity index (χ2n) is 5.91. The van der Waals surface area contributed by atoms with Gasteiger partial charge in [0.2, 0.25) is 0 Å². The minimum Gasteiger partial charge on any atom is -0.493 e. The second kappa shape index (κ2) is 10.1. The van der Waals surface area contributed by atoms with E-state index in [9.17, 15) is 4.79 Å². The van der Waals surface area contributed by atoms with E-state index >= 15 is 0 Å². The molecule has 1 aliphatic carbocycles. The molecule has 0 spiro atoms. The summed E-state index contributed by atoms with van der Waals surface area (Å²) in [5.41, 5.74) is 1.99. The first kappa shape index (κ1) is 18.5. The molecule has 130 valence electrons. The van der Waals surface area contributed by atoms with Gasteiger partial charge in [-0.1, -0.05) is 30.7 Å². The number of carbonyl (C=O) groups is 1. The van der Waals surface area contributed by atoms with Gasteiger partial charge in [0.15, 0.2) is 5.11 Å². The lowest BCUT2D eigenvalue weighted by Crippen LogP contribution is -2.39. The normalized spacial score (nSPS) is 13.8. The van der Waals surface area contributed by atoms with Crippen LogP contribution < -0.4 is 15.4 Å². The monoisotopic (exact) mass is 346 g/mol. The predicted molar refractivity (Wildman–Crippen MR) is 101 cm³/mol. The molecular formula is C19H26N2O2S. The van der Waals surface area contributed by atoms with E-state index < -0.39 is 0 Å². The number of thiocarbonyl (C=S) groups is 1. The van der Waals surface area contributed by atoms with E-state index in [1.807, 2.05) is 19.1 Å². The van der Waals surface area contributed by atoms with Crippen molar-refractivity contribution < 1.29 is 9.53 Å². The lowest BCUT2D eigenvalue weighted by Gasteiger charge is -2.15. The highest BCUT2D eigenvalue weighted by Gasteiger charge is 2.13. The highest BCUT2D eigenvalue weighted by Crippen LogP contribution is 2.19. The number of para-hydroxylation sites is 1. The minimum atomic E-state index is -0.240. The summed E-state index contributed by atoms with van der Waals surface area (Å²) in [7, 11) is 0. The van der Waals surface area contributed by atoms with Gasteiger partial charge in [-0.2, -0.15) is 0 Å². The number of allylic oxidation sites excluding steroid dienone is 1. The zero-order valence-corrected chi connectivity index (χ0v) is 15.1. The van der Waals surface area contributed by atoms with Crippen molar-refractivity contribution in [2.24, 2.45) is 0 Å². The van der Waals surface area contributed by atoms with Crippen molar-refractivity contribution >= 4 is 23.2 Å². The van der Waals surface area contributed by atoms with Crippen molar-refractivity contribution in [1.82, 2.24) is 10.6 Å². The maximum absolute atomic E-state index is 12.4. The summed E-state index contributed by atoms with van der Waals surface area (Å²) >= 11 is 5.22. The molecule has 0 atom stereocenters. The van der Waals surface area contributed by atoms with Crippen LogP contribution in [0, 0.1) is 0 Å². The fraction of sp³-hybridized carbons (Fsp3) is 0.474. The van der Waals surface area contributed by atoms with Crippen LogP contribution in [0.25, 0.3) is 0 Å². The molecule has 4 nitrogen and oxygen atoms in total. The van der Waals surface area contributed by atoms with Crippen LogP contribution in [0.5, 0.6) is 5.75 Å². The maximum Gasteiger partial charge on any atom is 0.261 e. The van der Waals surface area contributed by atoms with Gasteiger partial charge in [0.1, 0.15) is 5.75 Å². The Morgan fingerprint density at radius 1 is 1.29 bits per heavy atom. The number of benzene rings is 1. The third-order valence-electron chi connectivity index (χ3n) is 3.94. The molecule has 0 bridgehead atoms. The van der Waals surface area contributed by atoms with Gasteiger partial charge >= 0.3 is 0 Å². The van der Waals surface area contributed by atoms with Gasteiger partial charge in [-0.25, -0.2) is 0 Å². The maximum atomic E-state index is 12.4. The van der Waals surface area contributed by atoms with Gasteiger partial charge < -0.3 is 10.1 Å². The molecular weight excluding hydrogens is 320 g/mol. The van der Waals surface area contributed by atoms with Crippen LogP contribution in [-0.2, 0) is 0 Å². The molecule has 24 heavy (non-hydrogen) atoms. The topological polar surface area (TPSA) is 50.4 Å². The number of ether oxygens (including phenoxy) is 1. The average molecular weight is 346 g/mol. The summed E-state index contributed by atoms with van der Waals surface area (Å²) < 4.78 is 5.62. The molecule has 1 aromatic carbocycles. The Balaban J connectivity index is 1.80. The van der Waals surface area contributed by atoms with Crippen LogP contribution in [0.4, 0.5) is 0 Å². The Hall–Kier alpha value is -1.88. The summed E-state index contributed by atoms with van der Waals surface area (Å²) in [5.74, 6) is 0.350. The Morgan fingerprint density at radius 2 is 2.12 bits per heavy atom. The smallest absolute Gasteiger partial charge is 0.261 e. The van der Waals surface area contributed by atoms with E-state index in [0.29, 0.717) is 23.0 Å². The number of rotatable bonds is 7. The standard InChI is InChI=1S/C19H26N2O2S/c1-2-14-23-17-11-7-6-10-16(17)18(22)21-19(24)20-13-12-15-8-4-3-5-9-15/h6-8,10-11H,2-5,9,12-14H2,1H3,(H2,20,21,22,24). The molecule has 0 unspecified atom stereocenters. The molecule has 1 aromatic rings. The van der Waals surface area contributed by atoms with Gasteiger partial charge in [0, 0.05) is 6.54 Å². The molecule has 0 fully saturated rings. The molecule has 2 rings (SSSR count). The van der Waals surface area contributed by atoms with Crippen LogP contribution in [0.3, 0.4) is 0 Å². The zero-order chi connectivity index (χ0) is 17.2. The van der Waals surface area contributed by atoms with Crippen LogP contribution in [0.1, 0.15) is 55.8 Å². The molecule has 0 aromatic heterocycles. The van der Waals surface area contributed by atoms with Crippen molar-refractivity contribution in [2.45, 2.75) is 45.4 Å². The van der Waals surface area contributed by atoms with E-state index in [0.717, 1.165) is 19.4 Å². The summed E-state index contributed by atoms with van der Waals surface area (Å²) in [6.45, 7) is 3.37. The van der Waals surface area contributed by atoms with Crippen molar-refractivity contribution in [1.29, 1.82) is 0 Å². The first-order chi connectivity index (χ1) is 11.7. The Morgan fingerprint density at radius 3 is 2.88 bits per heavy atom. The molecule has 0 saturated heterocycles. The van der Waals surface area contributed by atoms with Crippen LogP contribution in [0.15, 0.2) is 35.9 Å². The fourth-order valence-corrected chi connectivity index (χ4v) is 2.87. The SMILES string of the molecule is CCCOc1ccccc1C(=O)NC(=S)NCCC1=CCCCC1. The van der Waals surface area contributed by atoms with E-state index in [2.05, 4.69) is 16.7 Å². The molecule has 0 heterocycles. The van der Waals surface area contributed by atoms with E-state index in [-0.39, 0.29) is 5.91 Å². The van der Waals surface area contributed by atoms with Crippen LogP contribution in [0.2, 0.25) is 0 Å². The highest BCUT2D eigenvalue weighted by atomic mass is 32.1. The summed E-state index contributed by atoms with van der Waals surface area (Å²) in [6, 6.07) is 7.22. The third-order valence-corrected chi connectivity index (χ3v) is 4.18. The predicted octanol–water partition coefficient (Wildman–Crippen LogP) is 3.97. The van der Waals surface area contributed by atoms with Crippen LogP contribution >= 0.6 is 12.2 Å². The largest absolute Gasteiger partial charge is 0.493 e. The van der Waals surface area contributed by atoms with Gasteiger partial charge in [0.25, 0.3) is 5.91 Å². The summed E-state index contributed by atoms with van der Waals surface area (Å²) in [4.78, 5) is 12.4.